The van der Waals surface area contributed by atoms with Gasteiger partial charge in [-0.25, -0.2) is 9.67 Å². The molecule has 0 N–H and O–H groups in total. The van der Waals surface area contributed by atoms with Crippen LogP contribution in [-0.2, 0) is 13.1 Å². The Bertz CT molecular complexity index is 901. The van der Waals surface area contributed by atoms with Gasteiger partial charge in [-0.15, -0.1) is 5.10 Å². The van der Waals surface area contributed by atoms with Crippen molar-refractivity contribution in [2.75, 3.05) is 6.54 Å². The van der Waals surface area contributed by atoms with Crippen molar-refractivity contribution in [2.24, 2.45) is 0 Å². The van der Waals surface area contributed by atoms with Crippen molar-refractivity contribution < 1.29 is 4.79 Å². The smallest absolute Gasteiger partial charge is 0.254 e. The van der Waals surface area contributed by atoms with E-state index >= 15 is 0 Å². The molecule has 0 saturated carbocycles. The fourth-order valence-corrected chi connectivity index (χ4v) is 3.85. The minimum atomic E-state index is 0.126. The van der Waals surface area contributed by atoms with E-state index in [4.69, 9.17) is 0 Å². The molecule has 1 aliphatic heterocycles. The largest absolute Gasteiger partial charge is 0.336 e. The highest BCUT2D eigenvalue weighted by Gasteiger charge is 2.27. The van der Waals surface area contributed by atoms with Gasteiger partial charge in [-0.3, -0.25) is 4.79 Å². The van der Waals surface area contributed by atoms with Crippen LogP contribution >= 0.6 is 0 Å². The second-order valence-electron chi connectivity index (χ2n) is 7.31. The third-order valence-corrected chi connectivity index (χ3v) is 5.45. The molecule has 1 amide bonds. The Labute approximate surface area is 164 Å². The van der Waals surface area contributed by atoms with E-state index in [2.05, 4.69) is 30.0 Å². The predicted octanol–water partition coefficient (Wildman–Crippen LogP) is 2.31. The van der Waals surface area contributed by atoms with E-state index in [-0.39, 0.29) is 11.9 Å². The summed E-state index contributed by atoms with van der Waals surface area (Å²) in [7, 11) is 0. The van der Waals surface area contributed by atoms with Gasteiger partial charge in [0.25, 0.3) is 5.91 Å². The van der Waals surface area contributed by atoms with Crippen LogP contribution in [0.4, 0.5) is 0 Å². The van der Waals surface area contributed by atoms with Gasteiger partial charge in [-0.05, 0) is 60.7 Å². The lowest BCUT2D eigenvalue weighted by molar-refractivity contribution is 0.0595. The summed E-state index contributed by atoms with van der Waals surface area (Å²) in [5.74, 6) is 1.15. The predicted molar refractivity (Wildman–Crippen MR) is 104 cm³/mol. The molecule has 0 bridgehead atoms. The van der Waals surface area contributed by atoms with Crippen LogP contribution in [0.25, 0.3) is 0 Å². The van der Waals surface area contributed by atoms with E-state index in [0.29, 0.717) is 6.54 Å². The summed E-state index contributed by atoms with van der Waals surface area (Å²) in [6, 6.07) is 8.05. The summed E-state index contributed by atoms with van der Waals surface area (Å²) in [6.45, 7) is 4.34. The van der Waals surface area contributed by atoms with Gasteiger partial charge >= 0.3 is 0 Å². The molecule has 3 aromatic rings. The summed E-state index contributed by atoms with van der Waals surface area (Å²) in [6.07, 6.45) is 9.70. The van der Waals surface area contributed by atoms with Crippen LogP contribution < -0.4 is 0 Å². The van der Waals surface area contributed by atoms with Crippen molar-refractivity contribution in [3.8, 4) is 0 Å². The van der Waals surface area contributed by atoms with Gasteiger partial charge < -0.3 is 9.47 Å². The maximum Gasteiger partial charge on any atom is 0.254 e. The molecule has 2 aromatic heterocycles. The topological polar surface area (TPSA) is 81.7 Å². The van der Waals surface area contributed by atoms with E-state index in [9.17, 15) is 4.79 Å². The van der Waals surface area contributed by atoms with Crippen LogP contribution in [0.15, 0.2) is 43.0 Å². The SMILES string of the molecule is Cc1nccn1CCC1CCCCN1C(=O)c1ccc(Cn2cnnn2)cc1. The molecule has 146 valence electrons. The first-order valence-electron chi connectivity index (χ1n) is 9.79. The number of benzene rings is 1. The zero-order chi connectivity index (χ0) is 19.3. The third kappa shape index (κ3) is 4.11. The maximum absolute atomic E-state index is 13.1. The number of rotatable bonds is 6. The molecular weight excluding hydrogens is 354 g/mol. The summed E-state index contributed by atoms with van der Waals surface area (Å²) >= 11 is 0. The lowest BCUT2D eigenvalue weighted by Gasteiger charge is -2.36. The number of amides is 1. The molecule has 0 radical (unpaired) electrons. The fraction of sp³-hybridized carbons (Fsp3) is 0.450. The zero-order valence-electron chi connectivity index (χ0n) is 16.1. The second kappa shape index (κ2) is 8.33. The minimum Gasteiger partial charge on any atom is -0.336 e. The summed E-state index contributed by atoms with van der Waals surface area (Å²) in [4.78, 5) is 19.5. The van der Waals surface area contributed by atoms with Crippen LogP contribution in [0, 0.1) is 6.92 Å². The first kappa shape index (κ1) is 18.3. The van der Waals surface area contributed by atoms with E-state index < -0.39 is 0 Å². The monoisotopic (exact) mass is 379 g/mol. The van der Waals surface area contributed by atoms with Crippen molar-refractivity contribution in [3.05, 3.63) is 59.9 Å². The number of hydrogen-bond donors (Lipinski definition) is 0. The van der Waals surface area contributed by atoms with E-state index in [0.717, 1.165) is 49.3 Å². The highest BCUT2D eigenvalue weighted by molar-refractivity contribution is 5.94. The molecular formula is C20H25N7O. The van der Waals surface area contributed by atoms with Crippen molar-refractivity contribution in [1.82, 2.24) is 34.7 Å². The van der Waals surface area contributed by atoms with Crippen molar-refractivity contribution in [3.63, 3.8) is 0 Å². The number of imidazole rings is 1. The maximum atomic E-state index is 13.1. The van der Waals surface area contributed by atoms with Crippen molar-refractivity contribution >= 4 is 5.91 Å². The van der Waals surface area contributed by atoms with Gasteiger partial charge in [-0.2, -0.15) is 0 Å². The quantitative estimate of drug-likeness (QED) is 0.656. The minimum absolute atomic E-state index is 0.126. The molecule has 4 rings (SSSR count). The molecule has 0 aliphatic carbocycles. The normalized spacial score (nSPS) is 17.0. The van der Waals surface area contributed by atoms with Gasteiger partial charge in [-0.1, -0.05) is 12.1 Å². The second-order valence-corrected chi connectivity index (χ2v) is 7.31. The Morgan fingerprint density at radius 1 is 1.21 bits per heavy atom. The van der Waals surface area contributed by atoms with Crippen LogP contribution in [0.3, 0.4) is 0 Å². The number of nitrogens with zero attached hydrogens (tertiary/aromatic N) is 7. The molecule has 1 aliphatic rings. The molecule has 1 fully saturated rings. The molecule has 0 spiro atoms. The van der Waals surface area contributed by atoms with Gasteiger partial charge in [0.15, 0.2) is 0 Å². The van der Waals surface area contributed by atoms with Crippen molar-refractivity contribution in [1.29, 1.82) is 0 Å². The number of carbonyl (C=O) groups excluding carboxylic acids is 1. The highest BCUT2D eigenvalue weighted by Crippen LogP contribution is 2.23. The molecule has 8 nitrogen and oxygen atoms in total. The van der Waals surface area contributed by atoms with Crippen LogP contribution in [0.5, 0.6) is 0 Å². The molecule has 28 heavy (non-hydrogen) atoms. The molecule has 3 heterocycles. The standard InChI is InChI=1S/C20H25N7O/c1-16-21-10-13-25(16)12-9-19-4-2-3-11-27(19)20(28)18-7-5-17(6-8-18)14-26-15-22-23-24-26/h5-8,10,13,15,19H,2-4,9,11-12,14H2,1H3. The van der Waals surface area contributed by atoms with Gasteiger partial charge in [0, 0.05) is 37.1 Å². The fourth-order valence-electron chi connectivity index (χ4n) is 3.85. The van der Waals surface area contributed by atoms with Crippen LogP contribution in [0.1, 0.15) is 47.4 Å². The summed E-state index contributed by atoms with van der Waals surface area (Å²) < 4.78 is 3.82. The van der Waals surface area contributed by atoms with E-state index in [1.54, 1.807) is 11.0 Å². The Hall–Kier alpha value is -3.03. The molecule has 1 saturated heterocycles. The lowest BCUT2D eigenvalue weighted by Crippen LogP contribution is -2.44. The Balaban J connectivity index is 1.41. The molecule has 1 unspecified atom stereocenters. The summed E-state index contributed by atoms with van der Waals surface area (Å²) in [5.41, 5.74) is 1.81. The average Bonchev–Trinajstić information content (AvgIpc) is 3.38. The first-order chi connectivity index (χ1) is 13.7. The average molecular weight is 379 g/mol. The Kier molecular flexibility index (Phi) is 5.45. The molecule has 1 atom stereocenters. The lowest BCUT2D eigenvalue weighted by atomic mass is 9.98. The third-order valence-electron chi connectivity index (χ3n) is 5.45. The summed E-state index contributed by atoms with van der Waals surface area (Å²) in [5, 5.41) is 11.2. The number of carbonyl (C=O) groups is 1. The molecule has 1 aromatic carbocycles. The van der Waals surface area contributed by atoms with Gasteiger partial charge in [0.2, 0.25) is 0 Å². The van der Waals surface area contributed by atoms with E-state index in [1.807, 2.05) is 43.6 Å². The number of hydrogen-bond acceptors (Lipinski definition) is 5. The Morgan fingerprint density at radius 2 is 2.07 bits per heavy atom. The van der Waals surface area contributed by atoms with Crippen molar-refractivity contribution in [2.45, 2.75) is 51.7 Å². The zero-order valence-corrected chi connectivity index (χ0v) is 16.1. The van der Waals surface area contributed by atoms with Gasteiger partial charge in [0.1, 0.15) is 12.2 Å². The van der Waals surface area contributed by atoms with Crippen LogP contribution in [-0.4, -0.2) is 53.2 Å². The number of tetrazole rings is 1. The highest BCUT2D eigenvalue weighted by atomic mass is 16.2. The number of aromatic nitrogens is 6. The number of aryl methyl sites for hydroxylation is 2. The van der Waals surface area contributed by atoms with Gasteiger partial charge in [0.05, 0.1) is 6.54 Å². The first-order valence-corrected chi connectivity index (χ1v) is 9.79. The Morgan fingerprint density at radius 3 is 2.79 bits per heavy atom. The molecule has 8 heteroatoms. The van der Waals surface area contributed by atoms with E-state index in [1.165, 1.54) is 6.42 Å². The van der Waals surface area contributed by atoms with Crippen LogP contribution in [0.2, 0.25) is 0 Å². The number of piperidine rings is 1. The number of likely N-dealkylation sites (tertiary alicyclic amines) is 1.